The number of anilines is 2. The molecule has 7 nitrogen and oxygen atoms in total. The maximum atomic E-state index is 9.86. The molecule has 0 unspecified atom stereocenters. The molecule has 0 bridgehead atoms. The number of hydrogen-bond donors (Lipinski definition) is 2. The van der Waals surface area contributed by atoms with Crippen LogP contribution in [0.3, 0.4) is 0 Å². The van der Waals surface area contributed by atoms with Crippen LogP contribution >= 0.6 is 11.3 Å². The summed E-state index contributed by atoms with van der Waals surface area (Å²) in [6.45, 7) is 8.74. The fourth-order valence-electron chi connectivity index (χ4n) is 3.85. The molecule has 0 aliphatic heterocycles. The zero-order valence-corrected chi connectivity index (χ0v) is 21.7. The molecule has 4 aromatic rings. The van der Waals surface area contributed by atoms with Gasteiger partial charge in [-0.2, -0.15) is 5.26 Å². The van der Waals surface area contributed by atoms with Crippen molar-refractivity contribution in [2.45, 2.75) is 33.6 Å². The van der Waals surface area contributed by atoms with Gasteiger partial charge in [-0.3, -0.25) is 4.98 Å². The first-order chi connectivity index (χ1) is 17.6. The third kappa shape index (κ3) is 6.06. The Morgan fingerprint density at radius 2 is 2.00 bits per heavy atom. The summed E-state index contributed by atoms with van der Waals surface area (Å²) in [6, 6.07) is 14.0. The van der Waals surface area contributed by atoms with Gasteiger partial charge in [-0.1, -0.05) is 19.1 Å². The molecule has 4 rings (SSSR count). The summed E-state index contributed by atoms with van der Waals surface area (Å²) in [5, 5.41) is 16.5. The van der Waals surface area contributed by atoms with Crippen LogP contribution in [0.25, 0.3) is 21.7 Å². The van der Waals surface area contributed by atoms with E-state index >= 15 is 0 Å². The van der Waals surface area contributed by atoms with Crippen LogP contribution in [-0.4, -0.2) is 34.6 Å². The number of rotatable bonds is 11. The van der Waals surface area contributed by atoms with E-state index in [4.69, 9.17) is 9.72 Å². The normalized spacial score (nSPS) is 10.7. The largest absolute Gasteiger partial charge is 0.493 e. The van der Waals surface area contributed by atoms with E-state index in [9.17, 15) is 5.26 Å². The topological polar surface area (TPSA) is 95.8 Å². The lowest BCUT2D eigenvalue weighted by Gasteiger charge is -2.12. The lowest BCUT2D eigenvalue weighted by Crippen LogP contribution is -2.18. The van der Waals surface area contributed by atoms with E-state index in [1.807, 2.05) is 56.4 Å². The quantitative estimate of drug-likeness (QED) is 0.235. The van der Waals surface area contributed by atoms with E-state index in [1.165, 1.54) is 0 Å². The van der Waals surface area contributed by atoms with E-state index in [1.54, 1.807) is 23.7 Å². The molecule has 0 saturated heterocycles. The summed E-state index contributed by atoms with van der Waals surface area (Å²) in [5.41, 5.74) is 5.00. The van der Waals surface area contributed by atoms with Crippen molar-refractivity contribution in [2.24, 2.45) is 0 Å². The third-order valence-electron chi connectivity index (χ3n) is 5.62. The van der Waals surface area contributed by atoms with Crippen molar-refractivity contribution in [1.82, 2.24) is 20.3 Å². The minimum Gasteiger partial charge on any atom is -0.493 e. The second-order valence-electron chi connectivity index (χ2n) is 8.42. The second kappa shape index (κ2) is 12.2. The van der Waals surface area contributed by atoms with Crippen molar-refractivity contribution in [3.63, 3.8) is 0 Å². The molecule has 0 atom stereocenters. The average Bonchev–Trinajstić information content (AvgIpc) is 3.24. The Morgan fingerprint density at radius 1 is 1.11 bits per heavy atom. The van der Waals surface area contributed by atoms with Gasteiger partial charge in [-0.15, -0.1) is 11.3 Å². The first kappa shape index (κ1) is 25.3. The number of ether oxygens (including phenoxy) is 1. The molecule has 0 spiro atoms. The van der Waals surface area contributed by atoms with E-state index in [0.29, 0.717) is 18.1 Å². The number of benzene rings is 1. The van der Waals surface area contributed by atoms with Gasteiger partial charge in [0.1, 0.15) is 11.8 Å². The highest BCUT2D eigenvalue weighted by Crippen LogP contribution is 2.43. The molecule has 36 heavy (non-hydrogen) atoms. The Bertz CT molecular complexity index is 1350. The Hall–Kier alpha value is -3.80. The van der Waals surface area contributed by atoms with Crippen LogP contribution in [0.15, 0.2) is 55.0 Å². The zero-order chi connectivity index (χ0) is 25.3. The first-order valence-corrected chi connectivity index (χ1v) is 12.9. The summed E-state index contributed by atoms with van der Waals surface area (Å²) < 4.78 is 5.91. The molecule has 0 saturated carbocycles. The molecule has 0 aliphatic carbocycles. The molecular formula is C28H30N6OS. The van der Waals surface area contributed by atoms with Crippen molar-refractivity contribution in [3.8, 4) is 33.5 Å². The molecule has 1 aromatic carbocycles. The lowest BCUT2D eigenvalue weighted by atomic mass is 10.0. The van der Waals surface area contributed by atoms with Crippen LogP contribution in [0.2, 0.25) is 0 Å². The number of nitrogens with one attached hydrogen (secondary N) is 2. The van der Waals surface area contributed by atoms with Crippen molar-refractivity contribution in [1.29, 1.82) is 5.26 Å². The molecule has 0 aliphatic rings. The molecular weight excluding hydrogens is 468 g/mol. The minimum atomic E-state index is 0.484. The number of aromatic nitrogens is 3. The van der Waals surface area contributed by atoms with Gasteiger partial charge < -0.3 is 15.4 Å². The van der Waals surface area contributed by atoms with Gasteiger partial charge >= 0.3 is 0 Å². The van der Waals surface area contributed by atoms with Crippen LogP contribution in [0.5, 0.6) is 5.75 Å². The third-order valence-corrected chi connectivity index (χ3v) is 6.73. The number of nitriles is 1. The number of thiophene rings is 1. The fraction of sp³-hybridized carbons (Fsp3) is 0.286. The Labute approximate surface area is 216 Å². The summed E-state index contributed by atoms with van der Waals surface area (Å²) in [5.74, 6) is 1.28. The lowest BCUT2D eigenvalue weighted by molar-refractivity contribution is 0.308. The standard InChI is InChI=1S/C28H30N6OS/c1-4-11-30-13-7-14-35-23-10-5-9-22(15-23)33-28-32-17-19(2)26(34-28)27-25(21-8-6-12-31-18-21)24(16-29)20(3)36-27/h5-6,8-10,12,15,17-18,30H,4,7,11,13-14H2,1-3H3,(H,32,33,34). The highest BCUT2D eigenvalue weighted by atomic mass is 32.1. The number of pyridine rings is 1. The monoisotopic (exact) mass is 498 g/mol. The van der Waals surface area contributed by atoms with Crippen molar-refractivity contribution in [2.75, 3.05) is 25.0 Å². The molecule has 184 valence electrons. The number of aryl methyl sites for hydroxylation is 2. The minimum absolute atomic E-state index is 0.484. The Kier molecular flexibility index (Phi) is 8.61. The van der Waals surface area contributed by atoms with E-state index < -0.39 is 0 Å². The molecule has 8 heteroatoms. The van der Waals surface area contributed by atoms with Gasteiger partial charge in [0, 0.05) is 46.3 Å². The van der Waals surface area contributed by atoms with Crippen LogP contribution in [0, 0.1) is 25.2 Å². The molecule has 0 radical (unpaired) electrons. The molecule has 0 fully saturated rings. The molecule has 0 amide bonds. The summed E-state index contributed by atoms with van der Waals surface area (Å²) in [6.07, 6.45) is 7.41. The summed E-state index contributed by atoms with van der Waals surface area (Å²) in [4.78, 5) is 15.5. The zero-order valence-electron chi connectivity index (χ0n) is 20.8. The van der Waals surface area contributed by atoms with E-state index in [-0.39, 0.29) is 0 Å². The molecule has 2 N–H and O–H groups in total. The average molecular weight is 499 g/mol. The van der Waals surface area contributed by atoms with Crippen LogP contribution in [0.1, 0.15) is 35.8 Å². The predicted molar refractivity (Wildman–Crippen MR) is 146 cm³/mol. The van der Waals surface area contributed by atoms with Crippen molar-refractivity contribution >= 4 is 23.0 Å². The maximum Gasteiger partial charge on any atom is 0.227 e. The van der Waals surface area contributed by atoms with Crippen LogP contribution < -0.4 is 15.4 Å². The fourth-order valence-corrected chi connectivity index (χ4v) is 5.03. The summed E-state index contributed by atoms with van der Waals surface area (Å²) in [7, 11) is 0. The molecule has 3 heterocycles. The predicted octanol–water partition coefficient (Wildman–Crippen LogP) is 6.27. The number of nitrogens with zero attached hydrogens (tertiary/aromatic N) is 4. The van der Waals surface area contributed by atoms with Gasteiger partial charge in [0.25, 0.3) is 0 Å². The highest BCUT2D eigenvalue weighted by Gasteiger charge is 2.21. The van der Waals surface area contributed by atoms with Gasteiger partial charge in [0.2, 0.25) is 5.95 Å². The van der Waals surface area contributed by atoms with Gasteiger partial charge in [0.15, 0.2) is 0 Å². The second-order valence-corrected chi connectivity index (χ2v) is 9.65. The first-order valence-electron chi connectivity index (χ1n) is 12.1. The van der Waals surface area contributed by atoms with E-state index in [0.717, 1.165) is 69.5 Å². The highest BCUT2D eigenvalue weighted by molar-refractivity contribution is 7.16. The maximum absolute atomic E-state index is 9.86. The Morgan fingerprint density at radius 3 is 2.78 bits per heavy atom. The van der Waals surface area contributed by atoms with Crippen LogP contribution in [-0.2, 0) is 0 Å². The van der Waals surface area contributed by atoms with Gasteiger partial charge in [-0.05, 0) is 63.5 Å². The van der Waals surface area contributed by atoms with Crippen molar-refractivity contribution < 1.29 is 4.74 Å². The number of hydrogen-bond acceptors (Lipinski definition) is 8. The van der Waals surface area contributed by atoms with Gasteiger partial charge in [0.05, 0.1) is 22.7 Å². The van der Waals surface area contributed by atoms with Crippen LogP contribution in [0.4, 0.5) is 11.6 Å². The smallest absolute Gasteiger partial charge is 0.227 e. The van der Waals surface area contributed by atoms with Crippen molar-refractivity contribution in [3.05, 3.63) is 71.0 Å². The SMILES string of the molecule is CCCNCCCOc1cccc(Nc2ncc(C)c(-c3sc(C)c(C#N)c3-c3cccnc3)n2)c1. The Balaban J connectivity index is 1.56. The molecule has 3 aromatic heterocycles. The van der Waals surface area contributed by atoms with E-state index in [2.05, 4.69) is 33.6 Å². The summed E-state index contributed by atoms with van der Waals surface area (Å²) >= 11 is 1.57. The van der Waals surface area contributed by atoms with Gasteiger partial charge in [-0.25, -0.2) is 9.97 Å².